The lowest BCUT2D eigenvalue weighted by Gasteiger charge is -2.11. The number of aromatic nitrogens is 2. The molecule has 2 amide bonds. The molecule has 2 aromatic rings. The summed E-state index contributed by atoms with van der Waals surface area (Å²) in [5, 5.41) is 6.78. The van der Waals surface area contributed by atoms with Crippen LogP contribution in [-0.2, 0) is 12.4 Å². The van der Waals surface area contributed by atoms with E-state index < -0.39 is 45.3 Å². The lowest BCUT2D eigenvalue weighted by atomic mass is 10.2. The van der Waals surface area contributed by atoms with Crippen LogP contribution in [0.25, 0.3) is 0 Å². The second-order valence-corrected chi connectivity index (χ2v) is 7.18. The molecule has 0 aromatic carbocycles. The Morgan fingerprint density at radius 3 is 1.39 bits per heavy atom. The standard InChI is InChI=1S/C18H15Cl2F6N5O2/c19-11-5-9(17(21,22)23)7-30-13(11)15(32)28-3-1-27-2-4-29-16(33)14-12(20)6-10(8-31-14)18(24,25)26/h5-8,27H,1-4H2,(H,28,32)(H,29,33). The van der Waals surface area contributed by atoms with Gasteiger partial charge in [0.15, 0.2) is 0 Å². The molecule has 0 aliphatic heterocycles. The molecule has 0 saturated heterocycles. The smallest absolute Gasteiger partial charge is 0.349 e. The molecule has 0 bridgehead atoms. The average Bonchev–Trinajstić information content (AvgIpc) is 2.71. The fraction of sp³-hybridized carbons (Fsp3) is 0.333. The van der Waals surface area contributed by atoms with Crippen LogP contribution in [0.2, 0.25) is 10.0 Å². The Bertz CT molecular complexity index is 937. The summed E-state index contributed by atoms with van der Waals surface area (Å²) in [6.45, 7) is 0.578. The van der Waals surface area contributed by atoms with Gasteiger partial charge in [-0.05, 0) is 12.1 Å². The third-order valence-corrected chi connectivity index (χ3v) is 4.52. The zero-order chi connectivity index (χ0) is 24.8. The summed E-state index contributed by atoms with van der Waals surface area (Å²) in [6.07, 6.45) is -8.28. The number of pyridine rings is 2. The van der Waals surface area contributed by atoms with Crippen molar-refractivity contribution in [2.24, 2.45) is 0 Å². The van der Waals surface area contributed by atoms with Crippen LogP contribution in [0, 0.1) is 0 Å². The van der Waals surface area contributed by atoms with Crippen molar-refractivity contribution in [3.63, 3.8) is 0 Å². The summed E-state index contributed by atoms with van der Waals surface area (Å²) in [4.78, 5) is 30.8. The van der Waals surface area contributed by atoms with Gasteiger partial charge < -0.3 is 16.0 Å². The maximum atomic E-state index is 12.6. The first-order chi connectivity index (χ1) is 15.3. The first-order valence-corrected chi connectivity index (χ1v) is 9.79. The monoisotopic (exact) mass is 517 g/mol. The van der Waals surface area contributed by atoms with E-state index in [4.69, 9.17) is 23.2 Å². The van der Waals surface area contributed by atoms with E-state index in [9.17, 15) is 35.9 Å². The van der Waals surface area contributed by atoms with E-state index in [0.29, 0.717) is 24.5 Å². The summed E-state index contributed by atoms with van der Waals surface area (Å²) >= 11 is 11.4. The van der Waals surface area contributed by atoms with E-state index in [0.717, 1.165) is 0 Å². The molecular weight excluding hydrogens is 503 g/mol. The van der Waals surface area contributed by atoms with Crippen LogP contribution in [0.15, 0.2) is 24.5 Å². The molecule has 15 heteroatoms. The second kappa shape index (κ2) is 11.0. The highest BCUT2D eigenvalue weighted by Crippen LogP contribution is 2.32. The van der Waals surface area contributed by atoms with Gasteiger partial charge in [-0.3, -0.25) is 9.59 Å². The maximum absolute atomic E-state index is 12.6. The van der Waals surface area contributed by atoms with Crippen molar-refractivity contribution in [2.75, 3.05) is 26.2 Å². The zero-order valence-electron chi connectivity index (χ0n) is 16.4. The summed E-state index contributed by atoms with van der Waals surface area (Å²) in [6, 6.07) is 1.20. The third kappa shape index (κ3) is 7.72. The Hall–Kier alpha value is -2.64. The molecule has 2 heterocycles. The Labute approximate surface area is 192 Å². The van der Waals surface area contributed by atoms with Crippen LogP contribution in [0.4, 0.5) is 26.3 Å². The largest absolute Gasteiger partial charge is 0.417 e. The number of rotatable bonds is 8. The summed E-state index contributed by atoms with van der Waals surface area (Å²) in [7, 11) is 0. The van der Waals surface area contributed by atoms with Crippen molar-refractivity contribution >= 4 is 35.0 Å². The van der Waals surface area contributed by atoms with Crippen molar-refractivity contribution < 1.29 is 35.9 Å². The lowest BCUT2D eigenvalue weighted by Crippen LogP contribution is -2.37. The van der Waals surface area contributed by atoms with Gasteiger partial charge in [-0.2, -0.15) is 26.3 Å². The van der Waals surface area contributed by atoms with Gasteiger partial charge in [0.05, 0.1) is 21.2 Å². The molecule has 180 valence electrons. The number of amides is 2. The van der Waals surface area contributed by atoms with Gasteiger partial charge in [-0.15, -0.1) is 0 Å². The third-order valence-electron chi connectivity index (χ3n) is 3.94. The van der Waals surface area contributed by atoms with Gasteiger partial charge in [0.1, 0.15) is 11.4 Å². The molecule has 0 fully saturated rings. The summed E-state index contributed by atoms with van der Waals surface area (Å²) in [5.74, 6) is -1.54. The number of carbonyl (C=O) groups excluding carboxylic acids is 2. The SMILES string of the molecule is O=C(NCCNCCNC(=O)c1ncc(C(F)(F)F)cc1Cl)c1ncc(C(F)(F)F)cc1Cl. The molecule has 2 aromatic heterocycles. The van der Waals surface area contributed by atoms with Crippen LogP contribution in [-0.4, -0.2) is 48.0 Å². The normalized spacial score (nSPS) is 11.9. The highest BCUT2D eigenvalue weighted by atomic mass is 35.5. The topological polar surface area (TPSA) is 96.0 Å². The molecule has 7 nitrogen and oxygen atoms in total. The molecule has 0 spiro atoms. The molecule has 0 unspecified atom stereocenters. The van der Waals surface area contributed by atoms with Crippen molar-refractivity contribution in [1.82, 2.24) is 25.9 Å². The van der Waals surface area contributed by atoms with Gasteiger partial charge in [0.25, 0.3) is 11.8 Å². The first kappa shape index (κ1) is 26.6. The number of carbonyl (C=O) groups is 2. The Morgan fingerprint density at radius 2 is 1.09 bits per heavy atom. The van der Waals surface area contributed by atoms with Crippen LogP contribution >= 0.6 is 23.2 Å². The molecule has 0 radical (unpaired) electrons. The van der Waals surface area contributed by atoms with Crippen LogP contribution < -0.4 is 16.0 Å². The van der Waals surface area contributed by atoms with E-state index in [1.54, 1.807) is 0 Å². The predicted octanol–water partition coefficient (Wildman–Crippen LogP) is 3.57. The van der Waals surface area contributed by atoms with E-state index in [-0.39, 0.29) is 37.6 Å². The highest BCUT2D eigenvalue weighted by Gasteiger charge is 2.33. The van der Waals surface area contributed by atoms with Crippen molar-refractivity contribution in [3.05, 3.63) is 57.1 Å². The average molecular weight is 518 g/mol. The van der Waals surface area contributed by atoms with Crippen molar-refractivity contribution in [3.8, 4) is 0 Å². The zero-order valence-corrected chi connectivity index (χ0v) is 17.9. The molecular formula is C18H15Cl2F6N5O2. The molecule has 33 heavy (non-hydrogen) atoms. The minimum Gasteiger partial charge on any atom is -0.349 e. The fourth-order valence-electron chi connectivity index (χ4n) is 2.34. The first-order valence-electron chi connectivity index (χ1n) is 9.03. The van der Waals surface area contributed by atoms with Gasteiger partial charge in [0, 0.05) is 38.6 Å². The van der Waals surface area contributed by atoms with Crippen molar-refractivity contribution in [1.29, 1.82) is 0 Å². The van der Waals surface area contributed by atoms with Crippen LogP contribution in [0.5, 0.6) is 0 Å². The minimum atomic E-state index is -4.64. The van der Waals surface area contributed by atoms with Crippen molar-refractivity contribution in [2.45, 2.75) is 12.4 Å². The van der Waals surface area contributed by atoms with Gasteiger partial charge >= 0.3 is 12.4 Å². The molecule has 0 aliphatic rings. The van der Waals surface area contributed by atoms with Crippen LogP contribution in [0.3, 0.4) is 0 Å². The van der Waals surface area contributed by atoms with E-state index in [1.807, 2.05) is 0 Å². The molecule has 0 atom stereocenters. The maximum Gasteiger partial charge on any atom is 0.417 e. The van der Waals surface area contributed by atoms with Gasteiger partial charge in [-0.25, -0.2) is 9.97 Å². The number of alkyl halides is 6. The minimum absolute atomic E-state index is 0.0676. The second-order valence-electron chi connectivity index (χ2n) is 6.37. The number of halogens is 8. The van der Waals surface area contributed by atoms with Gasteiger partial charge in [0.2, 0.25) is 0 Å². The van der Waals surface area contributed by atoms with Gasteiger partial charge in [-0.1, -0.05) is 23.2 Å². The molecule has 0 saturated carbocycles. The van der Waals surface area contributed by atoms with E-state index in [2.05, 4.69) is 25.9 Å². The highest BCUT2D eigenvalue weighted by molar-refractivity contribution is 6.34. The number of hydrogen-bond acceptors (Lipinski definition) is 5. The van der Waals surface area contributed by atoms with E-state index >= 15 is 0 Å². The Morgan fingerprint density at radius 1 is 0.727 bits per heavy atom. The Kier molecular flexibility index (Phi) is 8.86. The quantitative estimate of drug-likeness (QED) is 0.367. The van der Waals surface area contributed by atoms with Crippen LogP contribution in [0.1, 0.15) is 32.1 Å². The Balaban J connectivity index is 1.71. The number of nitrogens with zero attached hydrogens (tertiary/aromatic N) is 2. The molecule has 3 N–H and O–H groups in total. The predicted molar refractivity (Wildman–Crippen MR) is 106 cm³/mol. The van der Waals surface area contributed by atoms with E-state index in [1.165, 1.54) is 0 Å². The number of nitrogens with one attached hydrogen (secondary N) is 3. The number of hydrogen-bond donors (Lipinski definition) is 3. The molecule has 0 aliphatic carbocycles. The fourth-order valence-corrected chi connectivity index (χ4v) is 2.85. The summed E-state index contributed by atoms with van der Waals surface area (Å²) in [5.41, 5.74) is -2.89. The lowest BCUT2D eigenvalue weighted by molar-refractivity contribution is -0.138. The summed E-state index contributed by atoms with van der Waals surface area (Å²) < 4.78 is 75.5. The molecule has 2 rings (SSSR count).